The van der Waals surface area contributed by atoms with Gasteiger partial charge in [0, 0.05) is 52.4 Å². The Morgan fingerprint density at radius 3 is 2.11 bits per heavy atom. The summed E-state index contributed by atoms with van der Waals surface area (Å²) in [6, 6.07) is 0. The predicted molar refractivity (Wildman–Crippen MR) is 80.1 cm³/mol. The van der Waals surface area contributed by atoms with E-state index in [0.717, 1.165) is 58.9 Å². The SMILES string of the molecule is CCN(CCNCCN)CCN(C)CCN(C)C. The third-order valence-corrected chi connectivity index (χ3v) is 3.10. The molecule has 0 aliphatic carbocycles. The molecule has 0 spiro atoms. The second-order valence-electron chi connectivity index (χ2n) is 5.08. The molecule has 0 rings (SSSR count). The van der Waals surface area contributed by atoms with Crippen LogP contribution in [0.1, 0.15) is 6.92 Å². The normalized spacial score (nSPS) is 12.0. The summed E-state index contributed by atoms with van der Waals surface area (Å²) in [5.41, 5.74) is 5.45. The monoisotopic (exact) mass is 259 g/mol. The maximum absolute atomic E-state index is 5.45. The van der Waals surface area contributed by atoms with Crippen LogP contribution in [0.4, 0.5) is 0 Å². The zero-order chi connectivity index (χ0) is 13.8. The molecule has 0 atom stereocenters. The molecule has 0 saturated heterocycles. The molecule has 0 aliphatic heterocycles. The Morgan fingerprint density at radius 2 is 1.56 bits per heavy atom. The first-order valence-corrected chi connectivity index (χ1v) is 7.06. The Kier molecular flexibility index (Phi) is 11.7. The molecule has 18 heavy (non-hydrogen) atoms. The van der Waals surface area contributed by atoms with Crippen LogP contribution in [0.2, 0.25) is 0 Å². The number of likely N-dealkylation sites (N-methyl/N-ethyl adjacent to an activating group) is 3. The van der Waals surface area contributed by atoms with Gasteiger partial charge >= 0.3 is 0 Å². The van der Waals surface area contributed by atoms with E-state index in [1.807, 2.05) is 0 Å². The average Bonchev–Trinajstić information content (AvgIpc) is 2.35. The number of nitrogens with one attached hydrogen (secondary N) is 1. The topological polar surface area (TPSA) is 47.8 Å². The van der Waals surface area contributed by atoms with E-state index in [-0.39, 0.29) is 0 Å². The van der Waals surface area contributed by atoms with Gasteiger partial charge in [-0.05, 0) is 27.7 Å². The van der Waals surface area contributed by atoms with Crippen LogP contribution >= 0.6 is 0 Å². The van der Waals surface area contributed by atoms with Crippen LogP contribution in [0.3, 0.4) is 0 Å². The largest absolute Gasteiger partial charge is 0.329 e. The highest BCUT2D eigenvalue weighted by Gasteiger charge is 2.04. The van der Waals surface area contributed by atoms with E-state index in [1.54, 1.807) is 0 Å². The van der Waals surface area contributed by atoms with Crippen LogP contribution in [0.15, 0.2) is 0 Å². The first kappa shape index (κ1) is 17.8. The molecule has 0 aliphatic rings. The van der Waals surface area contributed by atoms with Gasteiger partial charge < -0.3 is 25.8 Å². The minimum atomic E-state index is 0.722. The molecule has 0 aromatic rings. The molecule has 0 aromatic heterocycles. The molecule has 0 fully saturated rings. The molecule has 110 valence electrons. The highest BCUT2D eigenvalue weighted by molar-refractivity contribution is 4.62. The predicted octanol–water partition coefficient (Wildman–Crippen LogP) is -0.650. The van der Waals surface area contributed by atoms with Crippen molar-refractivity contribution < 1.29 is 0 Å². The molecule has 0 bridgehead atoms. The molecule has 0 aromatic carbocycles. The lowest BCUT2D eigenvalue weighted by Gasteiger charge is -2.25. The van der Waals surface area contributed by atoms with Gasteiger partial charge in [-0.25, -0.2) is 0 Å². The third kappa shape index (κ3) is 10.9. The lowest BCUT2D eigenvalue weighted by molar-refractivity contribution is 0.220. The van der Waals surface area contributed by atoms with E-state index in [9.17, 15) is 0 Å². The van der Waals surface area contributed by atoms with Crippen molar-refractivity contribution in [3.8, 4) is 0 Å². The van der Waals surface area contributed by atoms with Crippen molar-refractivity contribution in [2.24, 2.45) is 5.73 Å². The summed E-state index contributed by atoms with van der Waals surface area (Å²) >= 11 is 0. The van der Waals surface area contributed by atoms with Crippen LogP contribution in [0.5, 0.6) is 0 Å². The first-order valence-electron chi connectivity index (χ1n) is 7.06. The summed E-state index contributed by atoms with van der Waals surface area (Å²) in [5.74, 6) is 0. The van der Waals surface area contributed by atoms with Crippen molar-refractivity contribution in [1.29, 1.82) is 0 Å². The van der Waals surface area contributed by atoms with Crippen molar-refractivity contribution in [2.45, 2.75) is 6.92 Å². The molecule has 3 N–H and O–H groups in total. The maximum Gasteiger partial charge on any atom is 0.0110 e. The minimum Gasteiger partial charge on any atom is -0.329 e. The van der Waals surface area contributed by atoms with Gasteiger partial charge in [0.1, 0.15) is 0 Å². The second kappa shape index (κ2) is 11.9. The van der Waals surface area contributed by atoms with Gasteiger partial charge in [-0.2, -0.15) is 0 Å². The van der Waals surface area contributed by atoms with E-state index < -0.39 is 0 Å². The Labute approximate surface area is 113 Å². The Balaban J connectivity index is 3.58. The average molecular weight is 259 g/mol. The number of rotatable bonds is 12. The first-order chi connectivity index (χ1) is 8.60. The Hall–Kier alpha value is -0.200. The van der Waals surface area contributed by atoms with E-state index in [4.69, 9.17) is 5.73 Å². The van der Waals surface area contributed by atoms with Crippen molar-refractivity contribution in [2.75, 3.05) is 80.0 Å². The third-order valence-electron chi connectivity index (χ3n) is 3.10. The lowest BCUT2D eigenvalue weighted by Crippen LogP contribution is -2.39. The van der Waals surface area contributed by atoms with E-state index in [0.29, 0.717) is 0 Å². The van der Waals surface area contributed by atoms with Crippen molar-refractivity contribution in [3.63, 3.8) is 0 Å². The van der Waals surface area contributed by atoms with Crippen molar-refractivity contribution in [1.82, 2.24) is 20.0 Å². The van der Waals surface area contributed by atoms with Crippen LogP contribution in [-0.2, 0) is 0 Å². The maximum atomic E-state index is 5.45. The summed E-state index contributed by atoms with van der Waals surface area (Å²) in [6.45, 7) is 11.7. The Morgan fingerprint density at radius 1 is 0.889 bits per heavy atom. The van der Waals surface area contributed by atoms with Crippen molar-refractivity contribution >= 4 is 0 Å². The molecule has 0 heterocycles. The highest BCUT2D eigenvalue weighted by Crippen LogP contribution is 1.90. The van der Waals surface area contributed by atoms with Crippen LogP contribution in [-0.4, -0.2) is 94.7 Å². The zero-order valence-corrected chi connectivity index (χ0v) is 12.8. The standard InChI is InChI=1S/C13H33N5/c1-5-18(9-8-15-7-6-14)13-12-17(4)11-10-16(2)3/h15H,5-14H2,1-4H3. The summed E-state index contributed by atoms with van der Waals surface area (Å²) in [4.78, 5) is 7.11. The van der Waals surface area contributed by atoms with E-state index >= 15 is 0 Å². The fraction of sp³-hybridized carbons (Fsp3) is 1.00. The van der Waals surface area contributed by atoms with Crippen molar-refractivity contribution in [3.05, 3.63) is 0 Å². The van der Waals surface area contributed by atoms with Gasteiger partial charge in [-0.15, -0.1) is 0 Å². The number of hydrogen-bond acceptors (Lipinski definition) is 5. The summed E-state index contributed by atoms with van der Waals surface area (Å²) in [5, 5.41) is 3.34. The molecular formula is C13H33N5. The van der Waals surface area contributed by atoms with Gasteiger partial charge in [-0.3, -0.25) is 0 Å². The van der Waals surface area contributed by atoms with Gasteiger partial charge in [0.2, 0.25) is 0 Å². The molecule has 5 nitrogen and oxygen atoms in total. The van der Waals surface area contributed by atoms with E-state index in [1.165, 1.54) is 0 Å². The summed E-state index contributed by atoms with van der Waals surface area (Å²) in [6.07, 6.45) is 0. The fourth-order valence-electron chi connectivity index (χ4n) is 1.69. The zero-order valence-electron chi connectivity index (χ0n) is 12.8. The summed E-state index contributed by atoms with van der Waals surface area (Å²) in [7, 11) is 6.44. The van der Waals surface area contributed by atoms with Gasteiger partial charge in [0.05, 0.1) is 0 Å². The molecule has 0 unspecified atom stereocenters. The lowest BCUT2D eigenvalue weighted by atomic mass is 10.4. The number of hydrogen-bond donors (Lipinski definition) is 2. The molecule has 0 saturated carbocycles. The van der Waals surface area contributed by atoms with Crippen LogP contribution < -0.4 is 11.1 Å². The van der Waals surface area contributed by atoms with Gasteiger partial charge in [0.25, 0.3) is 0 Å². The van der Waals surface area contributed by atoms with Gasteiger partial charge in [0.15, 0.2) is 0 Å². The van der Waals surface area contributed by atoms with Gasteiger partial charge in [-0.1, -0.05) is 6.92 Å². The minimum absolute atomic E-state index is 0.722. The number of nitrogens with zero attached hydrogens (tertiary/aromatic N) is 3. The highest BCUT2D eigenvalue weighted by atomic mass is 15.2. The fourth-order valence-corrected chi connectivity index (χ4v) is 1.69. The summed E-state index contributed by atoms with van der Waals surface area (Å²) < 4.78 is 0. The molecule has 0 radical (unpaired) electrons. The quantitative estimate of drug-likeness (QED) is 0.456. The number of nitrogens with two attached hydrogens (primary N) is 1. The molecular weight excluding hydrogens is 226 g/mol. The van der Waals surface area contributed by atoms with Crippen LogP contribution in [0.25, 0.3) is 0 Å². The molecule has 5 heteroatoms. The molecule has 0 amide bonds. The Bertz CT molecular complexity index is 175. The smallest absolute Gasteiger partial charge is 0.0110 e. The second-order valence-corrected chi connectivity index (χ2v) is 5.08. The van der Waals surface area contributed by atoms with E-state index in [2.05, 4.69) is 48.1 Å². The van der Waals surface area contributed by atoms with Crippen LogP contribution in [0, 0.1) is 0 Å².